The minimum Gasteiger partial charge on any atom is -0.399 e. The SMILES string of the molecule is CC/C(F)=C(\F)c1ccc(-c2ccc(-c3ccc(-c4ccc(-c5cc(F)c(OC(F)(F)F)c(F)c5)c(F)c4)c(F)c3)cc2)cc1. The van der Waals surface area contributed by atoms with Crippen LogP contribution in [0.4, 0.5) is 39.5 Å². The van der Waals surface area contributed by atoms with Gasteiger partial charge in [0.25, 0.3) is 0 Å². The Morgan fingerprint density at radius 1 is 0.533 bits per heavy atom. The molecule has 0 aromatic heterocycles. The lowest BCUT2D eigenvalue weighted by molar-refractivity contribution is -0.276. The van der Waals surface area contributed by atoms with E-state index in [1.54, 1.807) is 42.5 Å². The fourth-order valence-electron chi connectivity index (χ4n) is 4.75. The Morgan fingerprint density at radius 3 is 1.42 bits per heavy atom. The van der Waals surface area contributed by atoms with Crippen LogP contribution in [0.5, 0.6) is 5.75 Å². The van der Waals surface area contributed by atoms with Crippen LogP contribution in [-0.4, -0.2) is 6.36 Å². The largest absolute Gasteiger partial charge is 0.573 e. The van der Waals surface area contributed by atoms with Crippen molar-refractivity contribution < 1.29 is 44.3 Å². The summed E-state index contributed by atoms with van der Waals surface area (Å²) in [4.78, 5) is 0. The Kier molecular flexibility index (Phi) is 8.77. The minimum absolute atomic E-state index is 0.0352. The van der Waals surface area contributed by atoms with Crippen molar-refractivity contribution in [3.05, 3.63) is 132 Å². The lowest BCUT2D eigenvalue weighted by atomic mass is 9.96. The second-order valence-electron chi connectivity index (χ2n) is 9.93. The minimum atomic E-state index is -5.33. The molecule has 0 amide bonds. The summed E-state index contributed by atoms with van der Waals surface area (Å²) in [6.45, 7) is 1.52. The Labute approximate surface area is 251 Å². The normalized spacial score (nSPS) is 12.2. The fraction of sp³-hybridized carbons (Fsp3) is 0.0857. The molecule has 0 aliphatic heterocycles. The monoisotopic (exact) mass is 628 g/mol. The highest BCUT2D eigenvalue weighted by molar-refractivity contribution is 5.76. The number of rotatable bonds is 7. The number of allylic oxidation sites excluding steroid dienone is 1. The Morgan fingerprint density at radius 2 is 0.933 bits per heavy atom. The van der Waals surface area contributed by atoms with Crippen LogP contribution in [0.15, 0.2) is 103 Å². The van der Waals surface area contributed by atoms with Gasteiger partial charge in [0.05, 0.1) is 0 Å². The third-order valence-electron chi connectivity index (χ3n) is 7.01. The molecule has 10 heteroatoms. The molecule has 0 aliphatic carbocycles. The molecule has 0 aliphatic rings. The molecule has 0 N–H and O–H groups in total. The lowest BCUT2D eigenvalue weighted by Crippen LogP contribution is -2.19. The van der Waals surface area contributed by atoms with Gasteiger partial charge in [-0.15, -0.1) is 13.2 Å². The van der Waals surface area contributed by atoms with Gasteiger partial charge in [0, 0.05) is 16.7 Å². The molecule has 0 heterocycles. The number of hydrogen-bond donors (Lipinski definition) is 0. The molecule has 1 nitrogen and oxygen atoms in total. The highest BCUT2D eigenvalue weighted by Crippen LogP contribution is 2.36. The molecule has 0 radical (unpaired) electrons. The maximum absolute atomic E-state index is 15.2. The van der Waals surface area contributed by atoms with Crippen molar-refractivity contribution in [2.24, 2.45) is 0 Å². The first kappa shape index (κ1) is 31.4. The Balaban J connectivity index is 1.35. The topological polar surface area (TPSA) is 9.23 Å². The number of ether oxygens (including phenoxy) is 1. The average Bonchev–Trinajstić information content (AvgIpc) is 3.01. The molecule has 0 bridgehead atoms. The van der Waals surface area contributed by atoms with Gasteiger partial charge >= 0.3 is 6.36 Å². The highest BCUT2D eigenvalue weighted by Gasteiger charge is 2.34. The maximum atomic E-state index is 15.2. The van der Waals surface area contributed by atoms with Gasteiger partial charge in [0.15, 0.2) is 17.5 Å². The highest BCUT2D eigenvalue weighted by atomic mass is 19.4. The summed E-state index contributed by atoms with van der Waals surface area (Å²) >= 11 is 0. The van der Waals surface area contributed by atoms with Gasteiger partial charge in [-0.05, 0) is 64.1 Å². The van der Waals surface area contributed by atoms with Gasteiger partial charge in [-0.3, -0.25) is 0 Å². The van der Waals surface area contributed by atoms with E-state index in [4.69, 9.17) is 0 Å². The van der Waals surface area contributed by atoms with Crippen LogP contribution < -0.4 is 4.74 Å². The smallest absolute Gasteiger partial charge is 0.399 e. The van der Waals surface area contributed by atoms with Crippen molar-refractivity contribution in [1.29, 1.82) is 0 Å². The molecule has 5 aromatic rings. The van der Waals surface area contributed by atoms with Gasteiger partial charge in [0.2, 0.25) is 5.75 Å². The van der Waals surface area contributed by atoms with E-state index in [-0.39, 0.29) is 34.2 Å². The lowest BCUT2D eigenvalue weighted by Gasteiger charge is -2.13. The summed E-state index contributed by atoms with van der Waals surface area (Å²) in [6, 6.07) is 22.1. The van der Waals surface area contributed by atoms with Crippen LogP contribution in [0.25, 0.3) is 50.3 Å². The zero-order valence-corrected chi connectivity index (χ0v) is 23.3. The Hall–Kier alpha value is -4.99. The van der Waals surface area contributed by atoms with E-state index in [1.165, 1.54) is 37.3 Å². The van der Waals surface area contributed by atoms with E-state index in [2.05, 4.69) is 4.74 Å². The molecule has 230 valence electrons. The summed E-state index contributed by atoms with van der Waals surface area (Å²) in [7, 11) is 0. The van der Waals surface area contributed by atoms with Crippen molar-refractivity contribution in [2.45, 2.75) is 19.7 Å². The van der Waals surface area contributed by atoms with Crippen LogP contribution in [0.1, 0.15) is 18.9 Å². The van der Waals surface area contributed by atoms with E-state index < -0.39 is 47.0 Å². The van der Waals surface area contributed by atoms with Crippen molar-refractivity contribution in [3.8, 4) is 50.3 Å². The van der Waals surface area contributed by atoms with Crippen LogP contribution in [0, 0.1) is 23.3 Å². The molecular formula is C35H21F9O. The quantitative estimate of drug-likeness (QED) is 0.163. The van der Waals surface area contributed by atoms with E-state index in [0.29, 0.717) is 23.3 Å². The van der Waals surface area contributed by atoms with Crippen LogP contribution in [-0.2, 0) is 0 Å². The van der Waals surface area contributed by atoms with Crippen molar-refractivity contribution in [3.63, 3.8) is 0 Å². The van der Waals surface area contributed by atoms with Gasteiger partial charge in [-0.2, -0.15) is 0 Å². The number of hydrogen-bond acceptors (Lipinski definition) is 1. The molecule has 5 rings (SSSR count). The summed E-state index contributed by atoms with van der Waals surface area (Å²) in [6.07, 6.45) is -5.38. The summed E-state index contributed by atoms with van der Waals surface area (Å²) in [5, 5.41) is 0. The van der Waals surface area contributed by atoms with Gasteiger partial charge in [0.1, 0.15) is 17.5 Å². The molecule has 0 spiro atoms. The maximum Gasteiger partial charge on any atom is 0.573 e. The Bertz CT molecular complexity index is 1870. The second-order valence-corrected chi connectivity index (χ2v) is 9.93. The molecule has 0 unspecified atom stereocenters. The van der Waals surface area contributed by atoms with Crippen LogP contribution in [0.3, 0.4) is 0 Å². The van der Waals surface area contributed by atoms with Crippen LogP contribution >= 0.6 is 0 Å². The fourth-order valence-corrected chi connectivity index (χ4v) is 4.75. The molecule has 0 saturated carbocycles. The van der Waals surface area contributed by atoms with E-state index in [1.807, 2.05) is 0 Å². The van der Waals surface area contributed by atoms with E-state index in [9.17, 15) is 30.7 Å². The van der Waals surface area contributed by atoms with Gasteiger partial charge < -0.3 is 4.74 Å². The molecule has 0 fully saturated rings. The average molecular weight is 629 g/mol. The molecule has 0 saturated heterocycles. The first-order chi connectivity index (χ1) is 21.3. The predicted molar refractivity (Wildman–Crippen MR) is 154 cm³/mol. The van der Waals surface area contributed by atoms with E-state index >= 15 is 8.78 Å². The molecule has 0 atom stereocenters. The third-order valence-corrected chi connectivity index (χ3v) is 7.01. The van der Waals surface area contributed by atoms with Gasteiger partial charge in [-0.1, -0.05) is 79.7 Å². The summed E-state index contributed by atoms with van der Waals surface area (Å²) in [5.74, 6) is -8.41. The first-order valence-electron chi connectivity index (χ1n) is 13.4. The third kappa shape index (κ3) is 6.90. The number of benzene rings is 5. The second kappa shape index (κ2) is 12.6. The molecule has 45 heavy (non-hydrogen) atoms. The zero-order valence-electron chi connectivity index (χ0n) is 23.3. The van der Waals surface area contributed by atoms with Crippen molar-refractivity contribution >= 4 is 5.83 Å². The summed E-state index contributed by atoms with van der Waals surface area (Å²) < 4.78 is 127. The van der Waals surface area contributed by atoms with Crippen molar-refractivity contribution in [2.75, 3.05) is 0 Å². The van der Waals surface area contributed by atoms with E-state index in [0.717, 1.165) is 23.3 Å². The van der Waals surface area contributed by atoms with Gasteiger partial charge in [-0.25, -0.2) is 26.3 Å². The van der Waals surface area contributed by atoms with Crippen molar-refractivity contribution in [1.82, 2.24) is 0 Å². The summed E-state index contributed by atoms with van der Waals surface area (Å²) in [5.41, 5.74) is 2.32. The van der Waals surface area contributed by atoms with Crippen LogP contribution in [0.2, 0.25) is 0 Å². The molecule has 5 aromatic carbocycles. The first-order valence-corrected chi connectivity index (χ1v) is 13.4. The number of alkyl halides is 3. The standard InChI is InChI=1S/C35H21F9O/c1-2-28(36)33(41)22-9-7-20(8-10-22)19-3-5-21(6-4-19)23-11-13-26(29(37)15-23)24-12-14-27(30(38)16-24)25-17-31(39)34(32(40)18-25)45-35(42,43)44/h3-18H,2H2,1H3/b33-28+. The predicted octanol–water partition coefficient (Wildman–Crippen LogP) is 11.8. The number of halogens is 9. The zero-order chi connectivity index (χ0) is 32.5. The molecular weight excluding hydrogens is 607 g/mol.